The Labute approximate surface area is 128 Å². The van der Waals surface area contributed by atoms with Crippen LogP contribution in [-0.4, -0.2) is 55.5 Å². The van der Waals surface area contributed by atoms with E-state index in [0.717, 1.165) is 26.1 Å². The topological polar surface area (TPSA) is 35.6 Å². The Morgan fingerprint density at radius 2 is 2.05 bits per heavy atom. The van der Waals surface area contributed by atoms with Crippen molar-refractivity contribution >= 4 is 5.91 Å². The van der Waals surface area contributed by atoms with Crippen molar-refractivity contribution in [1.29, 1.82) is 0 Å². The minimum absolute atomic E-state index is 0.0744. The summed E-state index contributed by atoms with van der Waals surface area (Å²) in [6, 6.07) is 8.96. The molecule has 0 saturated carbocycles. The molecule has 0 spiro atoms. The van der Waals surface area contributed by atoms with Crippen molar-refractivity contribution in [3.05, 3.63) is 35.4 Å². The van der Waals surface area contributed by atoms with Crippen LogP contribution >= 0.6 is 0 Å². The maximum Gasteiger partial charge on any atom is 0.240 e. The minimum atomic E-state index is -0.0744. The van der Waals surface area contributed by atoms with Gasteiger partial charge in [0.05, 0.1) is 0 Å². The number of amides is 1. The highest BCUT2D eigenvalue weighted by molar-refractivity contribution is 5.81. The molecule has 0 aromatic heterocycles. The highest BCUT2D eigenvalue weighted by atomic mass is 16.2. The number of likely N-dealkylation sites (N-methyl/N-ethyl adjacent to an activating group) is 1. The molecule has 1 saturated heterocycles. The summed E-state index contributed by atoms with van der Waals surface area (Å²) in [5.41, 5.74) is 2.64. The minimum Gasteiger partial charge on any atom is -0.347 e. The fourth-order valence-electron chi connectivity index (χ4n) is 2.93. The first-order chi connectivity index (χ1) is 10.0. The summed E-state index contributed by atoms with van der Waals surface area (Å²) in [6.07, 6.45) is 1.06. The number of hydrogen-bond acceptors (Lipinski definition) is 3. The first-order valence-electron chi connectivity index (χ1n) is 7.81. The zero-order valence-corrected chi connectivity index (χ0v) is 13.6. The number of carbonyl (C=O) groups excluding carboxylic acids is 1. The molecule has 1 fully saturated rings. The van der Waals surface area contributed by atoms with E-state index in [1.165, 1.54) is 11.1 Å². The van der Waals surface area contributed by atoms with Gasteiger partial charge in [0.1, 0.15) is 6.04 Å². The Kier molecular flexibility index (Phi) is 5.37. The van der Waals surface area contributed by atoms with E-state index in [9.17, 15) is 4.79 Å². The maximum absolute atomic E-state index is 12.4. The van der Waals surface area contributed by atoms with Gasteiger partial charge in [-0.15, -0.1) is 0 Å². The Morgan fingerprint density at radius 1 is 1.38 bits per heavy atom. The van der Waals surface area contributed by atoms with Gasteiger partial charge in [-0.2, -0.15) is 0 Å². The standard InChI is InChI=1S/C17H27N3O/c1-5-14-6-8-15(9-7-14)13(2)20-11-10-18-12-16(20)17(21)19(3)4/h6-9,13,16,18H,5,10-12H2,1-4H3. The van der Waals surface area contributed by atoms with Gasteiger partial charge >= 0.3 is 0 Å². The third-order valence-corrected chi connectivity index (χ3v) is 4.38. The summed E-state index contributed by atoms with van der Waals surface area (Å²) in [6.45, 7) is 6.94. The maximum atomic E-state index is 12.4. The Balaban J connectivity index is 2.17. The van der Waals surface area contributed by atoms with Crippen molar-refractivity contribution in [3.63, 3.8) is 0 Å². The summed E-state index contributed by atoms with van der Waals surface area (Å²) in [4.78, 5) is 16.4. The summed E-state index contributed by atoms with van der Waals surface area (Å²) in [7, 11) is 3.66. The van der Waals surface area contributed by atoms with Crippen LogP contribution in [0.2, 0.25) is 0 Å². The highest BCUT2D eigenvalue weighted by Crippen LogP contribution is 2.24. The van der Waals surface area contributed by atoms with Crippen molar-refractivity contribution in [2.24, 2.45) is 0 Å². The van der Waals surface area contributed by atoms with Crippen LogP contribution in [0.25, 0.3) is 0 Å². The van der Waals surface area contributed by atoms with Crippen molar-refractivity contribution in [2.45, 2.75) is 32.4 Å². The number of nitrogens with one attached hydrogen (secondary N) is 1. The smallest absolute Gasteiger partial charge is 0.240 e. The third-order valence-electron chi connectivity index (χ3n) is 4.38. The van der Waals surface area contributed by atoms with E-state index in [1.54, 1.807) is 4.90 Å². The highest BCUT2D eigenvalue weighted by Gasteiger charge is 2.33. The van der Waals surface area contributed by atoms with Gasteiger partial charge < -0.3 is 10.2 Å². The van der Waals surface area contributed by atoms with Gasteiger partial charge in [-0.25, -0.2) is 0 Å². The van der Waals surface area contributed by atoms with E-state index in [4.69, 9.17) is 0 Å². The van der Waals surface area contributed by atoms with Gasteiger partial charge in [0.15, 0.2) is 0 Å². The van der Waals surface area contributed by atoms with Crippen LogP contribution in [0.3, 0.4) is 0 Å². The monoisotopic (exact) mass is 289 g/mol. The predicted molar refractivity (Wildman–Crippen MR) is 86.3 cm³/mol. The van der Waals surface area contributed by atoms with Gasteiger partial charge in [-0.3, -0.25) is 9.69 Å². The van der Waals surface area contributed by atoms with Crippen LogP contribution < -0.4 is 5.32 Å². The number of hydrogen-bond donors (Lipinski definition) is 1. The van der Waals surface area contributed by atoms with E-state index in [-0.39, 0.29) is 18.0 Å². The van der Waals surface area contributed by atoms with Crippen LogP contribution in [-0.2, 0) is 11.2 Å². The molecule has 0 bridgehead atoms. The lowest BCUT2D eigenvalue weighted by atomic mass is 10.0. The molecule has 2 rings (SSSR count). The SMILES string of the molecule is CCc1ccc(C(C)N2CCNCC2C(=O)N(C)C)cc1. The Bertz CT molecular complexity index is 469. The van der Waals surface area contributed by atoms with Gasteiger partial charge in [0.2, 0.25) is 5.91 Å². The van der Waals surface area contributed by atoms with Gasteiger partial charge in [-0.1, -0.05) is 31.2 Å². The molecule has 1 amide bonds. The van der Waals surface area contributed by atoms with E-state index >= 15 is 0 Å². The summed E-state index contributed by atoms with van der Waals surface area (Å²) in [5.74, 6) is 0.180. The van der Waals surface area contributed by atoms with Crippen LogP contribution in [0.15, 0.2) is 24.3 Å². The van der Waals surface area contributed by atoms with E-state index in [1.807, 2.05) is 14.1 Å². The number of rotatable bonds is 4. The lowest BCUT2D eigenvalue weighted by Crippen LogP contribution is -2.58. The van der Waals surface area contributed by atoms with Gasteiger partial charge in [-0.05, 0) is 24.5 Å². The fourth-order valence-corrected chi connectivity index (χ4v) is 2.93. The Morgan fingerprint density at radius 3 is 2.62 bits per heavy atom. The number of aryl methyl sites for hydroxylation is 1. The van der Waals surface area contributed by atoms with Crippen molar-refractivity contribution < 1.29 is 4.79 Å². The van der Waals surface area contributed by atoms with E-state index < -0.39 is 0 Å². The molecular formula is C17H27N3O. The first-order valence-corrected chi connectivity index (χ1v) is 7.81. The molecule has 1 aliphatic rings. The molecule has 116 valence electrons. The molecule has 21 heavy (non-hydrogen) atoms. The number of benzene rings is 1. The van der Waals surface area contributed by atoms with Gasteiger partial charge in [0.25, 0.3) is 0 Å². The molecule has 0 radical (unpaired) electrons. The lowest BCUT2D eigenvalue weighted by Gasteiger charge is -2.40. The molecule has 1 aliphatic heterocycles. The van der Waals surface area contributed by atoms with Crippen LogP contribution in [0.4, 0.5) is 0 Å². The van der Waals surface area contributed by atoms with Crippen molar-refractivity contribution in [1.82, 2.24) is 15.1 Å². The molecular weight excluding hydrogens is 262 g/mol. The van der Waals surface area contributed by atoms with Crippen LogP contribution in [0.1, 0.15) is 31.0 Å². The van der Waals surface area contributed by atoms with E-state index in [2.05, 4.69) is 48.3 Å². The van der Waals surface area contributed by atoms with Crippen molar-refractivity contribution in [2.75, 3.05) is 33.7 Å². The molecule has 1 aromatic rings. The zero-order valence-electron chi connectivity index (χ0n) is 13.6. The lowest BCUT2D eigenvalue weighted by molar-refractivity contribution is -0.136. The molecule has 2 unspecified atom stereocenters. The second-order valence-electron chi connectivity index (χ2n) is 5.96. The van der Waals surface area contributed by atoms with Crippen LogP contribution in [0.5, 0.6) is 0 Å². The molecule has 1 aromatic carbocycles. The second kappa shape index (κ2) is 7.05. The molecule has 4 nitrogen and oxygen atoms in total. The summed E-state index contributed by atoms with van der Waals surface area (Å²) < 4.78 is 0. The average Bonchev–Trinajstić information content (AvgIpc) is 2.53. The third kappa shape index (κ3) is 3.63. The van der Waals surface area contributed by atoms with E-state index in [0.29, 0.717) is 0 Å². The number of carbonyl (C=O) groups is 1. The summed E-state index contributed by atoms with van der Waals surface area (Å²) in [5, 5.41) is 3.34. The quantitative estimate of drug-likeness (QED) is 0.916. The first kappa shape index (κ1) is 16.0. The van der Waals surface area contributed by atoms with Gasteiger partial charge in [0, 0.05) is 39.8 Å². The molecule has 1 heterocycles. The second-order valence-corrected chi connectivity index (χ2v) is 5.96. The normalized spacial score (nSPS) is 21.0. The fraction of sp³-hybridized carbons (Fsp3) is 0.588. The Hall–Kier alpha value is -1.39. The number of nitrogens with zero attached hydrogens (tertiary/aromatic N) is 2. The molecule has 1 N–H and O–H groups in total. The molecule has 0 aliphatic carbocycles. The van der Waals surface area contributed by atoms with Crippen molar-refractivity contribution in [3.8, 4) is 0 Å². The predicted octanol–water partition coefficient (Wildman–Crippen LogP) is 1.67. The number of piperazine rings is 1. The largest absolute Gasteiger partial charge is 0.347 e. The zero-order chi connectivity index (χ0) is 15.4. The molecule has 2 atom stereocenters. The van der Waals surface area contributed by atoms with Crippen LogP contribution in [0, 0.1) is 0 Å². The summed E-state index contributed by atoms with van der Waals surface area (Å²) >= 11 is 0. The average molecular weight is 289 g/mol. The molecule has 4 heteroatoms.